The van der Waals surface area contributed by atoms with Gasteiger partial charge in [-0.3, -0.25) is 4.99 Å². The van der Waals surface area contributed by atoms with Crippen molar-refractivity contribution < 1.29 is 9.53 Å². The van der Waals surface area contributed by atoms with Crippen molar-refractivity contribution in [2.45, 2.75) is 58.6 Å². The molecule has 128 valence electrons. The van der Waals surface area contributed by atoms with Gasteiger partial charge >= 0.3 is 6.09 Å². The topological polar surface area (TPSA) is 66.0 Å². The molecule has 0 aromatic heterocycles. The van der Waals surface area contributed by atoms with Gasteiger partial charge in [0.2, 0.25) is 0 Å². The molecule has 0 radical (unpaired) electrons. The third kappa shape index (κ3) is 7.52. The van der Waals surface area contributed by atoms with Gasteiger partial charge in [0.15, 0.2) is 5.96 Å². The molecule has 22 heavy (non-hydrogen) atoms. The molecule has 0 heterocycles. The Balaban J connectivity index is 2.25. The molecule has 1 unspecified atom stereocenters. The second kappa shape index (κ2) is 8.25. The minimum absolute atomic E-state index is 0.101. The Labute approximate surface area is 134 Å². The van der Waals surface area contributed by atoms with Crippen LogP contribution in [0.15, 0.2) is 4.99 Å². The highest BCUT2D eigenvalue weighted by molar-refractivity contribution is 5.79. The molecule has 1 rings (SSSR count). The Kier molecular flexibility index (Phi) is 6.97. The summed E-state index contributed by atoms with van der Waals surface area (Å²) in [6, 6.07) is 0.101. The summed E-state index contributed by atoms with van der Waals surface area (Å²) in [5, 5.41) is 6.61. The lowest BCUT2D eigenvalue weighted by molar-refractivity contribution is 0.0230. The van der Waals surface area contributed by atoms with Gasteiger partial charge in [-0.15, -0.1) is 0 Å². The lowest BCUT2D eigenvalue weighted by atomic mass is 10.2. The summed E-state index contributed by atoms with van der Waals surface area (Å²) in [6.45, 7) is 9.40. The molecule has 6 heteroatoms. The van der Waals surface area contributed by atoms with Gasteiger partial charge in [0, 0.05) is 33.2 Å². The summed E-state index contributed by atoms with van der Waals surface area (Å²) in [5.74, 6) is 1.65. The third-order valence-electron chi connectivity index (χ3n) is 3.68. The monoisotopic (exact) mass is 312 g/mol. The molecule has 1 atom stereocenters. The molecule has 2 N–H and O–H groups in total. The van der Waals surface area contributed by atoms with E-state index in [0.717, 1.165) is 31.4 Å². The first kappa shape index (κ1) is 18.6. The molecule has 1 aliphatic rings. The molecular weight excluding hydrogens is 280 g/mol. The van der Waals surface area contributed by atoms with Crippen molar-refractivity contribution in [3.05, 3.63) is 0 Å². The van der Waals surface area contributed by atoms with Crippen molar-refractivity contribution in [3.63, 3.8) is 0 Å². The molecule has 0 aromatic carbocycles. The zero-order valence-corrected chi connectivity index (χ0v) is 14.9. The summed E-state index contributed by atoms with van der Waals surface area (Å²) in [4.78, 5) is 17.8. The molecule has 0 saturated heterocycles. The second-order valence-corrected chi connectivity index (χ2v) is 7.05. The molecule has 1 saturated carbocycles. The number of nitrogens with one attached hydrogen (secondary N) is 2. The molecular formula is C16H32N4O2. The Morgan fingerprint density at radius 1 is 1.36 bits per heavy atom. The lowest BCUT2D eigenvalue weighted by Crippen LogP contribution is -2.43. The van der Waals surface area contributed by atoms with Gasteiger partial charge in [-0.25, -0.2) is 4.79 Å². The fraction of sp³-hybridized carbons (Fsp3) is 0.875. The number of hydrogen-bond donors (Lipinski definition) is 2. The van der Waals surface area contributed by atoms with E-state index >= 15 is 0 Å². The number of ether oxygens (including phenoxy) is 1. The van der Waals surface area contributed by atoms with E-state index in [4.69, 9.17) is 4.74 Å². The van der Waals surface area contributed by atoms with Gasteiger partial charge in [0.1, 0.15) is 5.60 Å². The average molecular weight is 312 g/mol. The van der Waals surface area contributed by atoms with Crippen LogP contribution >= 0.6 is 0 Å². The maximum atomic E-state index is 12.0. The van der Waals surface area contributed by atoms with Crippen LogP contribution in [0.2, 0.25) is 0 Å². The van der Waals surface area contributed by atoms with Crippen molar-refractivity contribution in [2.75, 3.05) is 27.2 Å². The van der Waals surface area contributed by atoms with Crippen molar-refractivity contribution in [2.24, 2.45) is 10.9 Å². The maximum absolute atomic E-state index is 12.0. The summed E-state index contributed by atoms with van der Waals surface area (Å²) in [7, 11) is 3.55. The molecule has 6 nitrogen and oxygen atoms in total. The summed E-state index contributed by atoms with van der Waals surface area (Å²) in [5.41, 5.74) is -0.460. The van der Waals surface area contributed by atoms with Crippen molar-refractivity contribution in [1.82, 2.24) is 15.5 Å². The van der Waals surface area contributed by atoms with Crippen molar-refractivity contribution >= 4 is 12.1 Å². The van der Waals surface area contributed by atoms with Gasteiger partial charge in [-0.1, -0.05) is 0 Å². The molecule has 1 amide bonds. The highest BCUT2D eigenvalue weighted by Crippen LogP contribution is 2.27. The van der Waals surface area contributed by atoms with Crippen LogP contribution in [-0.4, -0.2) is 55.8 Å². The van der Waals surface area contributed by atoms with Crippen LogP contribution in [0.3, 0.4) is 0 Å². The molecule has 0 spiro atoms. The number of aliphatic imine (C=N–C) groups is 1. The molecule has 1 fully saturated rings. The van der Waals surface area contributed by atoms with E-state index in [2.05, 4.69) is 15.6 Å². The van der Waals surface area contributed by atoms with Crippen molar-refractivity contribution in [1.29, 1.82) is 0 Å². The number of carbonyl (C=O) groups excluding carboxylic acids is 1. The number of amides is 1. The normalized spacial score (nSPS) is 16.9. The SMILES string of the molecule is CN=C(NCCC(C)N(C)C(=O)OC(C)(C)C)NCC1CC1. The maximum Gasteiger partial charge on any atom is 0.410 e. The smallest absolute Gasteiger partial charge is 0.410 e. The molecule has 0 aliphatic heterocycles. The standard InChI is InChI=1S/C16H32N4O2/c1-12(20(6)15(21)22-16(2,3)4)9-10-18-14(17-5)19-11-13-7-8-13/h12-13H,7-11H2,1-6H3,(H2,17,18,19). The largest absolute Gasteiger partial charge is 0.444 e. The third-order valence-corrected chi connectivity index (χ3v) is 3.68. The Morgan fingerprint density at radius 3 is 2.50 bits per heavy atom. The van der Waals surface area contributed by atoms with Crippen LogP contribution in [0.5, 0.6) is 0 Å². The van der Waals surface area contributed by atoms with E-state index in [9.17, 15) is 4.79 Å². The van der Waals surface area contributed by atoms with E-state index in [1.807, 2.05) is 27.7 Å². The van der Waals surface area contributed by atoms with Crippen LogP contribution in [0.4, 0.5) is 4.79 Å². The Hall–Kier alpha value is -1.46. The number of guanidine groups is 1. The lowest BCUT2D eigenvalue weighted by Gasteiger charge is -2.28. The minimum Gasteiger partial charge on any atom is -0.444 e. The molecule has 1 aliphatic carbocycles. The van der Waals surface area contributed by atoms with Gasteiger partial charge in [0.25, 0.3) is 0 Å². The molecule has 0 bridgehead atoms. The van der Waals surface area contributed by atoms with E-state index in [-0.39, 0.29) is 12.1 Å². The van der Waals surface area contributed by atoms with E-state index in [0.29, 0.717) is 0 Å². The van der Waals surface area contributed by atoms with Crippen molar-refractivity contribution in [3.8, 4) is 0 Å². The number of carbonyl (C=O) groups is 1. The van der Waals surface area contributed by atoms with E-state index in [1.54, 1.807) is 19.0 Å². The van der Waals surface area contributed by atoms with Crippen LogP contribution in [0, 0.1) is 5.92 Å². The van der Waals surface area contributed by atoms with Crippen LogP contribution in [-0.2, 0) is 4.74 Å². The van der Waals surface area contributed by atoms with E-state index < -0.39 is 5.60 Å². The van der Waals surface area contributed by atoms with Gasteiger partial charge in [-0.2, -0.15) is 0 Å². The van der Waals surface area contributed by atoms with Crippen LogP contribution < -0.4 is 10.6 Å². The zero-order valence-electron chi connectivity index (χ0n) is 14.9. The van der Waals surface area contributed by atoms with Crippen LogP contribution in [0.25, 0.3) is 0 Å². The second-order valence-electron chi connectivity index (χ2n) is 7.05. The average Bonchev–Trinajstić information content (AvgIpc) is 3.23. The molecule has 0 aromatic rings. The first-order chi connectivity index (χ1) is 10.2. The quantitative estimate of drug-likeness (QED) is 0.583. The minimum atomic E-state index is -0.460. The first-order valence-corrected chi connectivity index (χ1v) is 8.13. The highest BCUT2D eigenvalue weighted by Gasteiger charge is 2.23. The fourth-order valence-electron chi connectivity index (χ4n) is 1.89. The van der Waals surface area contributed by atoms with Gasteiger partial charge in [0.05, 0.1) is 0 Å². The number of nitrogens with zero attached hydrogens (tertiary/aromatic N) is 2. The number of hydrogen-bond acceptors (Lipinski definition) is 3. The Bertz CT molecular complexity index is 386. The summed E-state index contributed by atoms with van der Waals surface area (Å²) < 4.78 is 5.37. The predicted octanol–water partition coefficient (Wildman–Crippen LogP) is 2.21. The summed E-state index contributed by atoms with van der Waals surface area (Å²) >= 11 is 0. The van der Waals surface area contributed by atoms with Gasteiger partial charge < -0.3 is 20.3 Å². The zero-order chi connectivity index (χ0) is 16.8. The fourth-order valence-corrected chi connectivity index (χ4v) is 1.89. The summed E-state index contributed by atoms with van der Waals surface area (Å²) in [6.07, 6.45) is 3.19. The number of rotatable bonds is 6. The highest BCUT2D eigenvalue weighted by atomic mass is 16.6. The van der Waals surface area contributed by atoms with E-state index in [1.165, 1.54) is 12.8 Å². The van der Waals surface area contributed by atoms with Crippen LogP contribution in [0.1, 0.15) is 47.0 Å². The van der Waals surface area contributed by atoms with Gasteiger partial charge in [-0.05, 0) is 52.9 Å². The Morgan fingerprint density at radius 2 is 2.00 bits per heavy atom. The predicted molar refractivity (Wildman–Crippen MR) is 90.2 cm³/mol. The first-order valence-electron chi connectivity index (χ1n) is 8.13.